The van der Waals surface area contributed by atoms with Crippen molar-refractivity contribution in [3.63, 3.8) is 0 Å². The Kier molecular flexibility index (Phi) is 8.10. The molecule has 0 aliphatic carbocycles. The molecule has 0 saturated carbocycles. The number of fused-ring (bicyclic) bond motifs is 8. The number of piperidine rings is 1. The molecule has 7 rings (SSSR count). The number of aryl methyl sites for hydroxylation is 1. The van der Waals surface area contributed by atoms with Crippen molar-refractivity contribution < 1.29 is 23.9 Å². The molecular weight excluding hydrogens is 532 g/mol. The molecule has 2 N–H and O–H groups in total. The molecule has 3 aromatic carbocycles. The van der Waals surface area contributed by atoms with Crippen LogP contribution in [0.2, 0.25) is 0 Å². The number of ether oxygens (including phenoxy) is 2. The molecule has 0 spiro atoms. The molecule has 4 heterocycles. The Labute approximate surface area is 245 Å². The maximum Gasteiger partial charge on any atom is 0.258 e. The number of nitrogens with one attached hydrogen (secondary N) is 2. The Balaban J connectivity index is 1.20. The van der Waals surface area contributed by atoms with Gasteiger partial charge in [-0.1, -0.05) is 42.5 Å². The molecule has 3 amide bonds. The fourth-order valence-electron chi connectivity index (χ4n) is 5.82. The van der Waals surface area contributed by atoms with Gasteiger partial charge in [0.15, 0.2) is 6.61 Å². The van der Waals surface area contributed by atoms with Crippen LogP contribution in [-0.4, -0.2) is 72.5 Å². The third-order valence-electron chi connectivity index (χ3n) is 8.30. The lowest BCUT2D eigenvalue weighted by Crippen LogP contribution is -2.59. The summed E-state index contributed by atoms with van der Waals surface area (Å²) in [6, 6.07) is 20.7. The Morgan fingerprint density at radius 2 is 1.81 bits per heavy atom. The van der Waals surface area contributed by atoms with Gasteiger partial charge in [0, 0.05) is 44.7 Å². The van der Waals surface area contributed by atoms with Crippen LogP contribution < -0.4 is 20.1 Å². The van der Waals surface area contributed by atoms with E-state index in [1.165, 1.54) is 11.1 Å². The van der Waals surface area contributed by atoms with E-state index in [1.54, 1.807) is 18.2 Å². The Hall–Kier alpha value is -4.37. The third kappa shape index (κ3) is 6.41. The Morgan fingerprint density at radius 1 is 1.00 bits per heavy atom. The Bertz CT molecular complexity index is 1470. The summed E-state index contributed by atoms with van der Waals surface area (Å²) in [6.45, 7) is 4.93. The van der Waals surface area contributed by atoms with Gasteiger partial charge in [-0.05, 0) is 59.9 Å². The second-order valence-corrected chi connectivity index (χ2v) is 11.3. The van der Waals surface area contributed by atoms with Crippen LogP contribution in [0.15, 0.2) is 66.7 Å². The molecular formula is C33H36N4O5. The topological polar surface area (TPSA) is 100 Å². The van der Waals surface area contributed by atoms with Crippen LogP contribution in [0, 0.1) is 6.92 Å². The van der Waals surface area contributed by atoms with Gasteiger partial charge in [-0.25, -0.2) is 0 Å². The zero-order chi connectivity index (χ0) is 29.1. The third-order valence-corrected chi connectivity index (χ3v) is 8.30. The fraction of sp³-hybridized carbons (Fsp3) is 0.364. The van der Waals surface area contributed by atoms with Crippen LogP contribution in [0.5, 0.6) is 11.5 Å². The van der Waals surface area contributed by atoms with E-state index in [1.807, 2.05) is 42.2 Å². The minimum Gasteiger partial charge on any atom is -0.488 e. The number of amides is 3. The van der Waals surface area contributed by atoms with Gasteiger partial charge in [0.05, 0.1) is 12.6 Å². The van der Waals surface area contributed by atoms with Crippen molar-refractivity contribution in [1.29, 1.82) is 0 Å². The highest BCUT2D eigenvalue weighted by Crippen LogP contribution is 2.24. The van der Waals surface area contributed by atoms with Crippen molar-refractivity contribution in [2.45, 2.75) is 45.0 Å². The highest BCUT2D eigenvalue weighted by atomic mass is 16.5. The first-order valence-electron chi connectivity index (χ1n) is 14.5. The zero-order valence-electron chi connectivity index (χ0n) is 23.8. The Morgan fingerprint density at radius 3 is 2.64 bits per heavy atom. The molecule has 9 nitrogen and oxygen atoms in total. The number of hydrogen-bond donors (Lipinski definition) is 2. The number of likely N-dealkylation sites (tertiary alicyclic amines) is 1. The largest absolute Gasteiger partial charge is 0.488 e. The molecule has 4 bridgehead atoms. The number of benzene rings is 3. The van der Waals surface area contributed by atoms with Crippen LogP contribution in [0.4, 0.5) is 0 Å². The van der Waals surface area contributed by atoms with Crippen molar-refractivity contribution in [3.05, 3.63) is 94.5 Å². The van der Waals surface area contributed by atoms with E-state index >= 15 is 0 Å². The molecule has 0 aromatic heterocycles. The molecule has 4 aliphatic heterocycles. The lowest BCUT2D eigenvalue weighted by molar-refractivity contribution is -0.135. The van der Waals surface area contributed by atoms with Crippen molar-refractivity contribution in [3.8, 4) is 11.5 Å². The number of carbonyl (C=O) groups excluding carboxylic acids is 3. The van der Waals surface area contributed by atoms with Gasteiger partial charge in [-0.15, -0.1) is 0 Å². The summed E-state index contributed by atoms with van der Waals surface area (Å²) < 4.78 is 12.2. The fourth-order valence-corrected chi connectivity index (χ4v) is 5.82. The van der Waals surface area contributed by atoms with Gasteiger partial charge in [-0.2, -0.15) is 0 Å². The van der Waals surface area contributed by atoms with Crippen LogP contribution in [0.25, 0.3) is 0 Å². The first-order valence-corrected chi connectivity index (χ1v) is 14.5. The van der Waals surface area contributed by atoms with E-state index in [-0.39, 0.29) is 30.4 Å². The summed E-state index contributed by atoms with van der Waals surface area (Å²) in [5.74, 6) is 0.662. The molecule has 0 radical (unpaired) electrons. The van der Waals surface area contributed by atoms with Gasteiger partial charge < -0.3 is 25.0 Å². The van der Waals surface area contributed by atoms with Gasteiger partial charge in [0.25, 0.3) is 11.8 Å². The van der Waals surface area contributed by atoms with E-state index in [0.29, 0.717) is 49.7 Å². The van der Waals surface area contributed by atoms with Crippen molar-refractivity contribution in [2.75, 3.05) is 32.8 Å². The van der Waals surface area contributed by atoms with Gasteiger partial charge >= 0.3 is 0 Å². The molecule has 9 heteroatoms. The van der Waals surface area contributed by atoms with E-state index in [4.69, 9.17) is 9.47 Å². The molecule has 0 unspecified atom stereocenters. The SMILES string of the molecule is Cc1ccc2cc1OCC(=O)NCc1ccc(cc1)O[C@H]1CCN(C(=O)CN3CCc4ccccc4C3)C[C@@H]1NC2=O. The zero-order valence-corrected chi connectivity index (χ0v) is 23.8. The lowest BCUT2D eigenvalue weighted by Gasteiger charge is -2.40. The number of carbonyl (C=O) groups is 3. The maximum atomic E-state index is 13.5. The second-order valence-electron chi connectivity index (χ2n) is 11.3. The second kappa shape index (κ2) is 12.2. The summed E-state index contributed by atoms with van der Waals surface area (Å²) in [6.07, 6.45) is 1.20. The van der Waals surface area contributed by atoms with Gasteiger partial charge in [0.1, 0.15) is 17.6 Å². The molecule has 3 aromatic rings. The van der Waals surface area contributed by atoms with E-state index in [2.05, 4.69) is 33.7 Å². The lowest BCUT2D eigenvalue weighted by atomic mass is 9.99. The predicted molar refractivity (Wildman–Crippen MR) is 157 cm³/mol. The number of nitrogens with zero attached hydrogens (tertiary/aromatic N) is 2. The minimum atomic E-state index is -0.415. The summed E-state index contributed by atoms with van der Waals surface area (Å²) in [7, 11) is 0. The van der Waals surface area contributed by atoms with Crippen molar-refractivity contribution in [2.24, 2.45) is 0 Å². The van der Waals surface area contributed by atoms with Gasteiger partial charge in [0.2, 0.25) is 5.91 Å². The normalized spacial score (nSPS) is 21.1. The highest BCUT2D eigenvalue weighted by molar-refractivity contribution is 5.95. The van der Waals surface area contributed by atoms with E-state index in [9.17, 15) is 14.4 Å². The quantitative estimate of drug-likeness (QED) is 0.493. The minimum absolute atomic E-state index is 0.0537. The van der Waals surface area contributed by atoms with Crippen molar-refractivity contribution in [1.82, 2.24) is 20.4 Å². The molecule has 1 saturated heterocycles. The van der Waals surface area contributed by atoms with Gasteiger partial charge in [-0.3, -0.25) is 19.3 Å². The van der Waals surface area contributed by atoms with Crippen LogP contribution >= 0.6 is 0 Å². The molecule has 4 aliphatic rings. The first-order chi connectivity index (χ1) is 20.4. The van der Waals surface area contributed by atoms with Crippen LogP contribution in [-0.2, 0) is 29.1 Å². The first kappa shape index (κ1) is 27.8. The van der Waals surface area contributed by atoms with Crippen LogP contribution in [0.3, 0.4) is 0 Å². The maximum absolute atomic E-state index is 13.5. The standard InChI is InChI=1S/C33H36N4O5/c1-22-6-9-25-16-30(22)41-21-31(38)34-17-23-7-10-27(11-8-23)42-29-13-15-37(19-28(29)35-33(25)40)32(39)20-36-14-12-24-4-2-3-5-26(24)18-36/h2-11,16,28-29H,12-15,17-21H2,1H3,(H,34,38)(H,35,40)/t28-,29-/m0/s1. The average molecular weight is 569 g/mol. The highest BCUT2D eigenvalue weighted by Gasteiger charge is 2.35. The smallest absolute Gasteiger partial charge is 0.258 e. The average Bonchev–Trinajstić information content (AvgIpc) is 3.00. The summed E-state index contributed by atoms with van der Waals surface area (Å²) in [5.41, 5.74) is 4.80. The summed E-state index contributed by atoms with van der Waals surface area (Å²) >= 11 is 0. The van der Waals surface area contributed by atoms with E-state index < -0.39 is 6.04 Å². The summed E-state index contributed by atoms with van der Waals surface area (Å²) in [4.78, 5) is 43.4. The van der Waals surface area contributed by atoms with E-state index in [0.717, 1.165) is 30.6 Å². The van der Waals surface area contributed by atoms with Crippen molar-refractivity contribution >= 4 is 17.7 Å². The van der Waals surface area contributed by atoms with Crippen LogP contribution in [0.1, 0.15) is 39.0 Å². The molecule has 218 valence electrons. The number of hydrogen-bond acceptors (Lipinski definition) is 6. The molecule has 1 fully saturated rings. The molecule has 2 atom stereocenters. The number of rotatable bonds is 2. The summed E-state index contributed by atoms with van der Waals surface area (Å²) in [5, 5.41) is 6.00. The molecule has 42 heavy (non-hydrogen) atoms. The predicted octanol–water partition coefficient (Wildman–Crippen LogP) is 2.84. The monoisotopic (exact) mass is 568 g/mol.